The fraction of sp³-hybridized carbons (Fsp3) is 0.545. The number of ether oxygens (including phenoxy) is 1. The molecule has 0 aromatic carbocycles. The van der Waals surface area contributed by atoms with Crippen LogP contribution in [0.5, 0.6) is 0 Å². The topological polar surface area (TPSA) is 119 Å². The number of thiol groups is 1. The number of anilines is 1. The smallest absolute Gasteiger partial charge is 0.252 e. The number of aromatic nitrogens is 4. The number of halogens is 2. The second-order valence-corrected chi connectivity index (χ2v) is 5.48. The van der Waals surface area contributed by atoms with Crippen molar-refractivity contribution in [2.45, 2.75) is 36.2 Å². The molecule has 2 aromatic rings. The van der Waals surface area contributed by atoms with E-state index in [1.807, 2.05) is 0 Å². The number of hydrogen-bond donors (Lipinski definition) is 4. The maximum absolute atomic E-state index is 12.8. The molecule has 8 nitrogen and oxygen atoms in total. The van der Waals surface area contributed by atoms with E-state index in [1.54, 1.807) is 0 Å². The van der Waals surface area contributed by atoms with E-state index >= 15 is 0 Å². The van der Waals surface area contributed by atoms with Crippen molar-refractivity contribution in [3.63, 3.8) is 0 Å². The van der Waals surface area contributed by atoms with Crippen LogP contribution in [0.1, 0.15) is 6.23 Å². The van der Waals surface area contributed by atoms with E-state index in [2.05, 4.69) is 27.6 Å². The normalized spacial score (nSPS) is 30.3. The first-order valence-corrected chi connectivity index (χ1v) is 6.84. The van der Waals surface area contributed by atoms with E-state index in [0.717, 1.165) is 0 Å². The monoisotopic (exact) mass is 333 g/mol. The van der Waals surface area contributed by atoms with E-state index in [-0.39, 0.29) is 17.0 Å². The molecule has 1 aliphatic heterocycles. The molecule has 4 N–H and O–H groups in total. The highest BCUT2D eigenvalue weighted by atomic mass is 32.1. The number of nitrogen functional groups attached to an aromatic ring is 1. The van der Waals surface area contributed by atoms with Gasteiger partial charge in [-0.2, -0.15) is 12.6 Å². The van der Waals surface area contributed by atoms with Gasteiger partial charge < -0.3 is 20.7 Å². The molecular weight excluding hydrogens is 320 g/mol. The Kier molecular flexibility index (Phi) is 3.89. The Labute approximate surface area is 128 Å². The van der Waals surface area contributed by atoms with Crippen LogP contribution in [-0.2, 0) is 4.74 Å². The molecule has 1 aliphatic rings. The lowest BCUT2D eigenvalue weighted by molar-refractivity contribution is -0.0490. The zero-order chi connectivity index (χ0) is 16.0. The molecule has 0 bridgehead atoms. The fourth-order valence-corrected chi connectivity index (χ4v) is 2.64. The number of aliphatic hydroxyl groups excluding tert-OH is 2. The second kappa shape index (κ2) is 5.57. The summed E-state index contributed by atoms with van der Waals surface area (Å²) < 4.78 is 32.2. The van der Waals surface area contributed by atoms with E-state index in [4.69, 9.17) is 10.5 Å². The Morgan fingerprint density at radius 2 is 2.00 bits per heavy atom. The quantitative estimate of drug-likeness (QED) is 0.564. The van der Waals surface area contributed by atoms with Crippen LogP contribution in [0.15, 0.2) is 12.7 Å². The molecule has 22 heavy (non-hydrogen) atoms. The Morgan fingerprint density at radius 1 is 1.27 bits per heavy atom. The Bertz CT molecular complexity index is 687. The zero-order valence-corrected chi connectivity index (χ0v) is 11.9. The summed E-state index contributed by atoms with van der Waals surface area (Å²) in [5, 5.41) is 18.5. The summed E-state index contributed by atoms with van der Waals surface area (Å²) in [5.74, 6) is 0.132. The lowest BCUT2D eigenvalue weighted by Crippen LogP contribution is -2.39. The summed E-state index contributed by atoms with van der Waals surface area (Å²) >= 11 is 3.73. The third-order valence-electron chi connectivity index (χ3n) is 3.53. The molecule has 0 spiro atoms. The van der Waals surface area contributed by atoms with E-state index < -0.39 is 36.2 Å². The van der Waals surface area contributed by atoms with Gasteiger partial charge in [0, 0.05) is 0 Å². The molecule has 2 aromatic heterocycles. The Morgan fingerprint density at radius 3 is 2.68 bits per heavy atom. The van der Waals surface area contributed by atoms with Crippen LogP contribution >= 0.6 is 12.6 Å². The molecule has 3 rings (SSSR count). The third-order valence-corrected chi connectivity index (χ3v) is 4.05. The average molecular weight is 333 g/mol. The van der Waals surface area contributed by atoms with Gasteiger partial charge in [-0.1, -0.05) is 0 Å². The number of aliphatic hydroxyl groups is 2. The van der Waals surface area contributed by atoms with Crippen molar-refractivity contribution >= 4 is 29.6 Å². The summed E-state index contributed by atoms with van der Waals surface area (Å²) in [7, 11) is 0. The number of nitrogens with zero attached hydrogens (tertiary/aromatic N) is 4. The van der Waals surface area contributed by atoms with Gasteiger partial charge in [0.1, 0.15) is 30.2 Å². The minimum absolute atomic E-state index is 0.132. The predicted molar refractivity (Wildman–Crippen MR) is 74.4 cm³/mol. The van der Waals surface area contributed by atoms with E-state index in [0.29, 0.717) is 0 Å². The predicted octanol–water partition coefficient (Wildman–Crippen LogP) is -0.409. The van der Waals surface area contributed by atoms with Gasteiger partial charge in [0.2, 0.25) is 0 Å². The largest absolute Gasteiger partial charge is 0.387 e. The van der Waals surface area contributed by atoms with Gasteiger partial charge >= 0.3 is 0 Å². The van der Waals surface area contributed by atoms with Crippen LogP contribution in [0, 0.1) is 0 Å². The molecule has 1 saturated heterocycles. The first kappa shape index (κ1) is 15.3. The zero-order valence-electron chi connectivity index (χ0n) is 11.0. The van der Waals surface area contributed by atoms with E-state index in [9.17, 15) is 19.0 Å². The molecule has 1 fully saturated rings. The van der Waals surface area contributed by atoms with Crippen molar-refractivity contribution < 1.29 is 23.7 Å². The molecular formula is C11H13F2N5O3S. The summed E-state index contributed by atoms with van der Waals surface area (Å²) in [4.78, 5) is 11.8. The minimum atomic E-state index is -2.81. The number of fused-ring (bicyclic) bond motifs is 1. The molecule has 120 valence electrons. The summed E-state index contributed by atoms with van der Waals surface area (Å²) in [6.45, 7) is 0. The lowest BCUT2D eigenvalue weighted by atomic mass is 10.1. The van der Waals surface area contributed by atoms with Crippen molar-refractivity contribution in [3.8, 4) is 0 Å². The lowest BCUT2D eigenvalue weighted by Gasteiger charge is -2.20. The molecule has 0 aliphatic carbocycles. The van der Waals surface area contributed by atoms with Crippen LogP contribution in [0.2, 0.25) is 0 Å². The molecule has 5 atom stereocenters. The number of hydrogen-bond acceptors (Lipinski definition) is 8. The van der Waals surface area contributed by atoms with Crippen molar-refractivity contribution in [3.05, 3.63) is 12.7 Å². The molecule has 0 saturated carbocycles. The first-order valence-electron chi connectivity index (χ1n) is 6.32. The van der Waals surface area contributed by atoms with Crippen molar-refractivity contribution in [1.82, 2.24) is 19.5 Å². The van der Waals surface area contributed by atoms with Crippen LogP contribution in [-0.4, -0.2) is 59.7 Å². The van der Waals surface area contributed by atoms with Gasteiger partial charge in [0.05, 0.1) is 11.6 Å². The van der Waals surface area contributed by atoms with Gasteiger partial charge in [0.15, 0.2) is 17.7 Å². The Balaban J connectivity index is 1.96. The van der Waals surface area contributed by atoms with Crippen molar-refractivity contribution in [1.29, 1.82) is 0 Å². The molecule has 3 heterocycles. The molecule has 0 amide bonds. The van der Waals surface area contributed by atoms with Crippen LogP contribution in [0.4, 0.5) is 14.6 Å². The maximum Gasteiger partial charge on any atom is 0.252 e. The standard InChI is InChI=1S/C11H13F2N5O3S/c12-8(13)7(22)6-4(19)5(20)11(21-6)18-2-17-3-9(14)15-1-16-10(3)18/h1-2,4-8,11,19-20,22H,(H2,14,15,16)/t4-,5+,6-,7?,11+/m0/s1. The number of alkyl halides is 2. The summed E-state index contributed by atoms with van der Waals surface area (Å²) in [6.07, 6.45) is -5.75. The molecule has 11 heteroatoms. The minimum Gasteiger partial charge on any atom is -0.387 e. The maximum atomic E-state index is 12.8. The molecule has 0 radical (unpaired) electrons. The highest BCUT2D eigenvalue weighted by Crippen LogP contribution is 2.35. The fourth-order valence-electron chi connectivity index (χ4n) is 2.40. The molecule has 1 unspecified atom stereocenters. The highest BCUT2D eigenvalue weighted by molar-refractivity contribution is 7.81. The number of nitrogens with two attached hydrogens (primary N) is 1. The van der Waals surface area contributed by atoms with Gasteiger partial charge in [0.25, 0.3) is 6.43 Å². The van der Waals surface area contributed by atoms with Gasteiger partial charge in [-0.15, -0.1) is 0 Å². The van der Waals surface area contributed by atoms with Crippen LogP contribution in [0.3, 0.4) is 0 Å². The van der Waals surface area contributed by atoms with Gasteiger partial charge in [-0.25, -0.2) is 23.7 Å². The third kappa shape index (κ3) is 2.29. The summed E-state index contributed by atoms with van der Waals surface area (Å²) in [5.41, 5.74) is 6.20. The number of imidazole rings is 1. The average Bonchev–Trinajstić information content (AvgIpc) is 3.02. The highest BCUT2D eigenvalue weighted by Gasteiger charge is 2.48. The van der Waals surface area contributed by atoms with Crippen molar-refractivity contribution in [2.24, 2.45) is 0 Å². The number of rotatable bonds is 3. The van der Waals surface area contributed by atoms with Gasteiger partial charge in [-0.05, 0) is 0 Å². The van der Waals surface area contributed by atoms with Crippen molar-refractivity contribution in [2.75, 3.05) is 5.73 Å². The van der Waals surface area contributed by atoms with E-state index in [1.165, 1.54) is 17.2 Å². The SMILES string of the molecule is Nc1ncnc2c1ncn2[C@@H]1O[C@H](C(S)C(F)F)[C@@H](O)[C@H]1O. The second-order valence-electron chi connectivity index (χ2n) is 4.88. The Hall–Kier alpha value is -1.56. The van der Waals surface area contributed by atoms with Gasteiger partial charge in [-0.3, -0.25) is 4.57 Å². The summed E-state index contributed by atoms with van der Waals surface area (Å²) in [6, 6.07) is 0. The van der Waals surface area contributed by atoms with Crippen LogP contribution in [0.25, 0.3) is 11.2 Å². The first-order chi connectivity index (χ1) is 10.4. The van der Waals surface area contributed by atoms with Crippen LogP contribution < -0.4 is 5.73 Å².